The first-order chi connectivity index (χ1) is 15.9. The summed E-state index contributed by atoms with van der Waals surface area (Å²) in [7, 11) is 0. The maximum Gasteiger partial charge on any atom is 0.268 e. The molecule has 8 nitrogen and oxygen atoms in total. The van der Waals surface area contributed by atoms with Crippen LogP contribution in [0, 0.1) is 12.8 Å². The summed E-state index contributed by atoms with van der Waals surface area (Å²) >= 11 is 7.27. The van der Waals surface area contributed by atoms with Gasteiger partial charge in [-0.25, -0.2) is 4.98 Å². The van der Waals surface area contributed by atoms with Gasteiger partial charge in [-0.3, -0.25) is 14.2 Å². The van der Waals surface area contributed by atoms with E-state index in [-0.39, 0.29) is 18.0 Å². The molecule has 1 aliphatic heterocycles. The van der Waals surface area contributed by atoms with Crippen molar-refractivity contribution in [3.05, 3.63) is 51.5 Å². The molecular formula is C23H22ClN5O3S. The first kappa shape index (κ1) is 21.8. The number of nitrogens with zero attached hydrogens (tertiary/aromatic N) is 5. The molecule has 0 radical (unpaired) electrons. The number of hydrogen-bond donors (Lipinski definition) is 0. The zero-order valence-corrected chi connectivity index (χ0v) is 19.8. The van der Waals surface area contributed by atoms with Gasteiger partial charge in [-0.05, 0) is 55.5 Å². The summed E-state index contributed by atoms with van der Waals surface area (Å²) in [5.74, 6) is 1.34. The van der Waals surface area contributed by atoms with Crippen molar-refractivity contribution in [3.63, 3.8) is 0 Å². The van der Waals surface area contributed by atoms with Crippen molar-refractivity contribution >= 4 is 39.1 Å². The van der Waals surface area contributed by atoms with Gasteiger partial charge in [0.2, 0.25) is 11.7 Å². The predicted octanol–water partition coefficient (Wildman–Crippen LogP) is 4.40. The summed E-state index contributed by atoms with van der Waals surface area (Å²) in [6.07, 6.45) is 3.43. The van der Waals surface area contributed by atoms with Crippen LogP contribution < -0.4 is 5.56 Å². The molecule has 1 amide bonds. The third-order valence-electron chi connectivity index (χ3n) is 6.08. The van der Waals surface area contributed by atoms with Crippen LogP contribution in [0.1, 0.15) is 25.3 Å². The molecule has 1 saturated heterocycles. The second-order valence-electron chi connectivity index (χ2n) is 8.41. The van der Waals surface area contributed by atoms with E-state index in [1.165, 1.54) is 22.2 Å². The lowest BCUT2D eigenvalue weighted by Crippen LogP contribution is -2.41. The van der Waals surface area contributed by atoms with E-state index in [1.54, 1.807) is 12.1 Å². The molecule has 33 heavy (non-hydrogen) atoms. The van der Waals surface area contributed by atoms with Crippen molar-refractivity contribution in [2.75, 3.05) is 13.1 Å². The number of carbonyl (C=O) groups is 1. The Hall–Kier alpha value is -3.04. The molecule has 1 fully saturated rings. The van der Waals surface area contributed by atoms with E-state index in [0.29, 0.717) is 43.3 Å². The summed E-state index contributed by atoms with van der Waals surface area (Å²) in [6, 6.07) is 7.15. The summed E-state index contributed by atoms with van der Waals surface area (Å²) in [6.45, 7) is 5.49. The maximum atomic E-state index is 13.2. The molecule has 3 aromatic heterocycles. The van der Waals surface area contributed by atoms with E-state index >= 15 is 0 Å². The zero-order valence-electron chi connectivity index (χ0n) is 18.2. The Bertz CT molecular complexity index is 1380. The van der Waals surface area contributed by atoms with Gasteiger partial charge < -0.3 is 9.42 Å². The Balaban J connectivity index is 1.44. The largest absolute Gasteiger partial charge is 0.341 e. The molecule has 0 saturated carbocycles. The second kappa shape index (κ2) is 8.72. The molecular weight excluding hydrogens is 462 g/mol. The SMILES string of the molecule is Cc1c(-c2nc(-c3ccc(Cl)cc3)no2)sc2ncn(CC(=O)N3CCC(C)CC3)c(=O)c12. The van der Waals surface area contributed by atoms with E-state index in [9.17, 15) is 9.59 Å². The minimum atomic E-state index is -0.240. The van der Waals surface area contributed by atoms with Gasteiger partial charge >= 0.3 is 0 Å². The van der Waals surface area contributed by atoms with E-state index in [2.05, 4.69) is 22.0 Å². The van der Waals surface area contributed by atoms with E-state index in [4.69, 9.17) is 16.1 Å². The van der Waals surface area contributed by atoms with Crippen molar-refractivity contribution in [2.24, 2.45) is 5.92 Å². The smallest absolute Gasteiger partial charge is 0.268 e. The molecule has 5 rings (SSSR count). The Kier molecular flexibility index (Phi) is 5.76. The summed E-state index contributed by atoms with van der Waals surface area (Å²) in [4.78, 5) is 38.0. The molecule has 0 N–H and O–H groups in total. The number of likely N-dealkylation sites (tertiary alicyclic amines) is 1. The number of piperidine rings is 1. The molecule has 0 bridgehead atoms. The number of thiophene rings is 1. The first-order valence-electron chi connectivity index (χ1n) is 10.8. The standard InChI is InChI=1S/C23H22ClN5O3S/c1-13-7-9-28(10-8-13)17(30)11-29-12-25-22-18(23(29)31)14(2)19(33-22)21-26-20(27-32-21)15-3-5-16(24)6-4-15/h3-6,12-13H,7-11H2,1-2H3. The highest BCUT2D eigenvalue weighted by atomic mass is 35.5. The van der Waals surface area contributed by atoms with E-state index in [0.717, 1.165) is 31.5 Å². The number of halogens is 1. The molecule has 0 spiro atoms. The highest BCUT2D eigenvalue weighted by Gasteiger charge is 2.23. The lowest BCUT2D eigenvalue weighted by molar-refractivity contribution is -0.133. The first-order valence-corrected chi connectivity index (χ1v) is 12.0. The monoisotopic (exact) mass is 483 g/mol. The number of amides is 1. The number of rotatable bonds is 4. The molecule has 1 aliphatic rings. The maximum absolute atomic E-state index is 13.2. The Morgan fingerprint density at radius 3 is 2.70 bits per heavy atom. The van der Waals surface area contributed by atoms with Gasteiger partial charge in [-0.1, -0.05) is 23.7 Å². The highest BCUT2D eigenvalue weighted by Crippen LogP contribution is 2.35. The van der Waals surface area contributed by atoms with Gasteiger partial charge in [0.05, 0.1) is 16.6 Å². The van der Waals surface area contributed by atoms with Gasteiger partial charge in [0.1, 0.15) is 11.4 Å². The number of fused-ring (bicyclic) bond motifs is 1. The van der Waals surface area contributed by atoms with Gasteiger partial charge in [0.25, 0.3) is 11.4 Å². The topological polar surface area (TPSA) is 94.1 Å². The third kappa shape index (κ3) is 4.18. The molecule has 170 valence electrons. The van der Waals surface area contributed by atoms with Crippen LogP contribution in [-0.4, -0.2) is 43.6 Å². The summed E-state index contributed by atoms with van der Waals surface area (Å²) in [5.41, 5.74) is 1.25. The number of benzene rings is 1. The predicted molar refractivity (Wildman–Crippen MR) is 127 cm³/mol. The fourth-order valence-electron chi connectivity index (χ4n) is 4.01. The van der Waals surface area contributed by atoms with Crippen molar-refractivity contribution in [1.29, 1.82) is 0 Å². The van der Waals surface area contributed by atoms with Gasteiger partial charge in [-0.2, -0.15) is 4.98 Å². The Morgan fingerprint density at radius 2 is 1.97 bits per heavy atom. The average molecular weight is 484 g/mol. The minimum Gasteiger partial charge on any atom is -0.341 e. The third-order valence-corrected chi connectivity index (χ3v) is 7.52. The van der Waals surface area contributed by atoms with Gasteiger partial charge in [0.15, 0.2) is 0 Å². The van der Waals surface area contributed by atoms with Crippen LogP contribution in [0.4, 0.5) is 0 Å². The second-order valence-corrected chi connectivity index (χ2v) is 9.84. The van der Waals surface area contributed by atoms with Crippen molar-refractivity contribution in [3.8, 4) is 22.2 Å². The summed E-state index contributed by atoms with van der Waals surface area (Å²) in [5, 5.41) is 5.16. The average Bonchev–Trinajstić information content (AvgIpc) is 3.42. The lowest BCUT2D eigenvalue weighted by Gasteiger charge is -2.30. The van der Waals surface area contributed by atoms with Crippen molar-refractivity contribution in [2.45, 2.75) is 33.2 Å². The van der Waals surface area contributed by atoms with Crippen LogP contribution in [0.5, 0.6) is 0 Å². The number of aromatic nitrogens is 4. The number of aryl methyl sites for hydroxylation is 1. The van der Waals surface area contributed by atoms with Crippen LogP contribution in [0.2, 0.25) is 5.02 Å². The number of hydrogen-bond acceptors (Lipinski definition) is 7. The van der Waals surface area contributed by atoms with Gasteiger partial charge in [0, 0.05) is 23.7 Å². The van der Waals surface area contributed by atoms with Crippen molar-refractivity contribution < 1.29 is 9.32 Å². The van der Waals surface area contributed by atoms with Crippen LogP contribution in [0.3, 0.4) is 0 Å². The molecule has 4 aromatic rings. The van der Waals surface area contributed by atoms with Crippen LogP contribution >= 0.6 is 22.9 Å². The quantitative estimate of drug-likeness (QED) is 0.427. The fraction of sp³-hybridized carbons (Fsp3) is 0.348. The Morgan fingerprint density at radius 1 is 1.24 bits per heavy atom. The van der Waals surface area contributed by atoms with Gasteiger partial charge in [-0.15, -0.1) is 11.3 Å². The lowest BCUT2D eigenvalue weighted by atomic mass is 9.99. The molecule has 4 heterocycles. The molecule has 10 heteroatoms. The molecule has 0 unspecified atom stereocenters. The molecule has 0 aliphatic carbocycles. The highest BCUT2D eigenvalue weighted by molar-refractivity contribution is 7.22. The van der Waals surface area contributed by atoms with Crippen LogP contribution in [0.15, 0.2) is 39.9 Å². The Labute approximate surface area is 198 Å². The summed E-state index contributed by atoms with van der Waals surface area (Å²) < 4.78 is 6.88. The normalized spacial score (nSPS) is 14.8. The van der Waals surface area contributed by atoms with E-state index < -0.39 is 0 Å². The van der Waals surface area contributed by atoms with E-state index in [1.807, 2.05) is 24.0 Å². The zero-order chi connectivity index (χ0) is 23.1. The van der Waals surface area contributed by atoms with Crippen LogP contribution in [-0.2, 0) is 11.3 Å². The molecule has 0 atom stereocenters. The molecule has 1 aromatic carbocycles. The fourth-order valence-corrected chi connectivity index (χ4v) is 5.20. The minimum absolute atomic E-state index is 0.0119. The van der Waals surface area contributed by atoms with Crippen molar-refractivity contribution in [1.82, 2.24) is 24.6 Å². The van der Waals surface area contributed by atoms with Crippen LogP contribution in [0.25, 0.3) is 32.4 Å². The number of carbonyl (C=O) groups excluding carboxylic acids is 1.